The topological polar surface area (TPSA) is 29.1 Å². The predicted molar refractivity (Wildman–Crippen MR) is 55.5 cm³/mol. The molecule has 0 heterocycles. The van der Waals surface area contributed by atoms with Crippen LogP contribution >= 0.6 is 0 Å². The molecule has 2 rings (SSSR count). The van der Waals surface area contributed by atoms with Gasteiger partial charge in [-0.3, -0.25) is 4.79 Å². The van der Waals surface area contributed by atoms with Crippen LogP contribution in [0.25, 0.3) is 0 Å². The summed E-state index contributed by atoms with van der Waals surface area (Å²) in [6, 6.07) is 3.24. The van der Waals surface area contributed by atoms with Gasteiger partial charge < -0.3 is 5.32 Å². The molecule has 1 aromatic carbocycles. The lowest BCUT2D eigenvalue weighted by molar-refractivity contribution is -0.127. The van der Waals surface area contributed by atoms with Gasteiger partial charge in [-0.25, -0.2) is 8.78 Å². The highest BCUT2D eigenvalue weighted by molar-refractivity contribution is 5.79. The minimum Gasteiger partial charge on any atom is -0.352 e. The molecule has 0 radical (unpaired) electrons. The van der Waals surface area contributed by atoms with Crippen LogP contribution < -0.4 is 5.32 Å². The third kappa shape index (κ3) is 2.38. The summed E-state index contributed by atoms with van der Waals surface area (Å²) in [5.41, 5.74) is 0.188. The van der Waals surface area contributed by atoms with Gasteiger partial charge in [-0.15, -0.1) is 0 Å². The van der Waals surface area contributed by atoms with E-state index in [0.29, 0.717) is 0 Å². The van der Waals surface area contributed by atoms with Crippen molar-refractivity contribution in [3.05, 3.63) is 35.4 Å². The second kappa shape index (κ2) is 4.60. The zero-order valence-corrected chi connectivity index (χ0v) is 8.80. The summed E-state index contributed by atoms with van der Waals surface area (Å²) in [5, 5.41) is 2.62. The maximum absolute atomic E-state index is 13.2. The van der Waals surface area contributed by atoms with Crippen molar-refractivity contribution in [2.75, 3.05) is 0 Å². The molecule has 16 heavy (non-hydrogen) atoms. The fourth-order valence-electron chi connectivity index (χ4n) is 1.68. The standard InChI is InChI=1S/C12H13F2NO/c13-10-4-5-11(14)9(6-10)7-15-12(16)8-2-1-3-8/h4-6,8H,1-3,7H2,(H,15,16). The molecule has 1 saturated carbocycles. The van der Waals surface area contributed by atoms with E-state index < -0.39 is 11.6 Å². The van der Waals surface area contributed by atoms with Gasteiger partial charge in [0, 0.05) is 18.0 Å². The number of carbonyl (C=O) groups excluding carboxylic acids is 1. The lowest BCUT2D eigenvalue weighted by atomic mass is 9.85. The summed E-state index contributed by atoms with van der Waals surface area (Å²) in [6.07, 6.45) is 2.88. The summed E-state index contributed by atoms with van der Waals surface area (Å²) in [4.78, 5) is 11.5. The van der Waals surface area contributed by atoms with E-state index in [1.165, 1.54) is 0 Å². The van der Waals surface area contributed by atoms with Gasteiger partial charge in [0.2, 0.25) is 5.91 Å². The summed E-state index contributed by atoms with van der Waals surface area (Å²) >= 11 is 0. The van der Waals surface area contributed by atoms with E-state index in [1.54, 1.807) is 0 Å². The molecule has 1 aliphatic carbocycles. The molecule has 4 heteroatoms. The van der Waals surface area contributed by atoms with Gasteiger partial charge in [0.15, 0.2) is 0 Å². The monoisotopic (exact) mass is 225 g/mol. The quantitative estimate of drug-likeness (QED) is 0.840. The van der Waals surface area contributed by atoms with E-state index in [0.717, 1.165) is 37.5 Å². The molecule has 1 N–H and O–H groups in total. The van der Waals surface area contributed by atoms with E-state index in [9.17, 15) is 13.6 Å². The van der Waals surface area contributed by atoms with Crippen LogP contribution in [0.15, 0.2) is 18.2 Å². The van der Waals surface area contributed by atoms with Crippen LogP contribution in [0.2, 0.25) is 0 Å². The summed E-state index contributed by atoms with van der Waals surface area (Å²) < 4.78 is 26.0. The first kappa shape index (κ1) is 11.0. The van der Waals surface area contributed by atoms with Gasteiger partial charge in [-0.2, -0.15) is 0 Å². The first-order valence-corrected chi connectivity index (χ1v) is 5.38. The van der Waals surface area contributed by atoms with Crippen molar-refractivity contribution in [1.29, 1.82) is 0 Å². The maximum atomic E-state index is 13.2. The van der Waals surface area contributed by atoms with Crippen LogP contribution in [0, 0.1) is 17.6 Å². The number of hydrogen-bond donors (Lipinski definition) is 1. The van der Waals surface area contributed by atoms with Gasteiger partial charge in [0.05, 0.1) is 0 Å². The zero-order chi connectivity index (χ0) is 11.5. The Hall–Kier alpha value is -1.45. The number of benzene rings is 1. The van der Waals surface area contributed by atoms with Crippen molar-refractivity contribution in [3.8, 4) is 0 Å². The van der Waals surface area contributed by atoms with Gasteiger partial charge in [-0.1, -0.05) is 6.42 Å². The van der Waals surface area contributed by atoms with E-state index in [1.807, 2.05) is 0 Å². The largest absolute Gasteiger partial charge is 0.352 e. The molecule has 0 spiro atoms. The van der Waals surface area contributed by atoms with Crippen LogP contribution in [-0.2, 0) is 11.3 Å². The van der Waals surface area contributed by atoms with Gasteiger partial charge >= 0.3 is 0 Å². The SMILES string of the molecule is O=C(NCc1cc(F)ccc1F)C1CCC1. The normalized spacial score (nSPS) is 15.6. The average Bonchev–Trinajstić information content (AvgIpc) is 2.17. The average molecular weight is 225 g/mol. The first-order valence-electron chi connectivity index (χ1n) is 5.38. The Morgan fingerprint density at radius 3 is 2.75 bits per heavy atom. The van der Waals surface area contributed by atoms with E-state index in [2.05, 4.69) is 5.32 Å². The molecule has 1 aliphatic rings. The molecule has 0 saturated heterocycles. The van der Waals surface area contributed by atoms with E-state index in [4.69, 9.17) is 0 Å². The second-order valence-electron chi connectivity index (χ2n) is 4.08. The van der Waals surface area contributed by atoms with Crippen LogP contribution in [0.3, 0.4) is 0 Å². The molecule has 0 unspecified atom stereocenters. The van der Waals surface area contributed by atoms with E-state index >= 15 is 0 Å². The molecular weight excluding hydrogens is 212 g/mol. The Bertz CT molecular complexity index is 402. The number of nitrogens with one attached hydrogen (secondary N) is 1. The molecule has 1 fully saturated rings. The van der Waals surface area contributed by atoms with Crippen LogP contribution in [0.5, 0.6) is 0 Å². The minimum absolute atomic E-state index is 0.0545. The van der Waals surface area contributed by atoms with Crippen molar-refractivity contribution in [2.24, 2.45) is 5.92 Å². The Labute approximate surface area is 92.7 Å². The molecule has 0 aliphatic heterocycles. The van der Waals surface area contributed by atoms with Crippen LogP contribution in [0.4, 0.5) is 8.78 Å². The zero-order valence-electron chi connectivity index (χ0n) is 8.80. The molecule has 0 bridgehead atoms. The highest BCUT2D eigenvalue weighted by Gasteiger charge is 2.24. The molecular formula is C12H13F2NO. The lowest BCUT2D eigenvalue weighted by Crippen LogP contribution is -2.34. The fraction of sp³-hybridized carbons (Fsp3) is 0.417. The number of rotatable bonds is 3. The van der Waals surface area contributed by atoms with E-state index in [-0.39, 0.29) is 23.9 Å². The highest BCUT2D eigenvalue weighted by Crippen LogP contribution is 2.26. The third-order valence-corrected chi connectivity index (χ3v) is 2.94. The number of hydrogen-bond acceptors (Lipinski definition) is 1. The van der Waals surface area contributed by atoms with Crippen molar-refractivity contribution in [2.45, 2.75) is 25.8 Å². The Balaban J connectivity index is 1.93. The van der Waals surface area contributed by atoms with Crippen molar-refractivity contribution in [3.63, 3.8) is 0 Å². The van der Waals surface area contributed by atoms with Gasteiger partial charge in [0.1, 0.15) is 11.6 Å². The second-order valence-corrected chi connectivity index (χ2v) is 4.08. The Morgan fingerprint density at radius 1 is 1.38 bits per heavy atom. The lowest BCUT2D eigenvalue weighted by Gasteiger charge is -2.24. The van der Waals surface area contributed by atoms with Gasteiger partial charge in [0.25, 0.3) is 0 Å². The first-order chi connectivity index (χ1) is 7.66. The maximum Gasteiger partial charge on any atom is 0.223 e. The summed E-state index contributed by atoms with van der Waals surface area (Å²) in [6.45, 7) is 0.0545. The minimum atomic E-state index is -0.491. The number of halogens is 2. The van der Waals surface area contributed by atoms with Crippen molar-refractivity contribution in [1.82, 2.24) is 5.32 Å². The molecule has 1 aromatic rings. The molecule has 0 atom stereocenters. The van der Waals surface area contributed by atoms with Gasteiger partial charge in [-0.05, 0) is 31.0 Å². The van der Waals surface area contributed by atoms with Crippen LogP contribution in [0.1, 0.15) is 24.8 Å². The predicted octanol–water partition coefficient (Wildman–Crippen LogP) is 2.38. The molecule has 0 aromatic heterocycles. The smallest absolute Gasteiger partial charge is 0.223 e. The molecule has 1 amide bonds. The third-order valence-electron chi connectivity index (χ3n) is 2.94. The Kier molecular flexibility index (Phi) is 3.17. The summed E-state index contributed by atoms with van der Waals surface area (Å²) in [5.74, 6) is -0.976. The van der Waals surface area contributed by atoms with Crippen molar-refractivity contribution >= 4 is 5.91 Å². The van der Waals surface area contributed by atoms with Crippen LogP contribution in [-0.4, -0.2) is 5.91 Å². The highest BCUT2D eigenvalue weighted by atomic mass is 19.1. The fourth-order valence-corrected chi connectivity index (χ4v) is 1.68. The number of carbonyl (C=O) groups is 1. The Morgan fingerprint density at radius 2 is 2.12 bits per heavy atom. The molecule has 86 valence electrons. The van der Waals surface area contributed by atoms with Crippen molar-refractivity contribution < 1.29 is 13.6 Å². The molecule has 2 nitrogen and oxygen atoms in total. The summed E-state index contributed by atoms with van der Waals surface area (Å²) in [7, 11) is 0. The number of amides is 1.